The summed E-state index contributed by atoms with van der Waals surface area (Å²) in [6.07, 6.45) is 5.22. The number of carbonyl (C=O) groups is 2. The zero-order chi connectivity index (χ0) is 27.4. The summed E-state index contributed by atoms with van der Waals surface area (Å²) in [6.45, 7) is 5.70. The predicted molar refractivity (Wildman–Crippen MR) is 148 cm³/mol. The van der Waals surface area contributed by atoms with Crippen LogP contribution in [-0.2, 0) is 32.8 Å². The number of aromatic amines is 1. The van der Waals surface area contributed by atoms with Gasteiger partial charge in [-0.3, -0.25) is 9.59 Å². The molecule has 1 aliphatic carbocycles. The quantitative estimate of drug-likeness (QED) is 0.371. The first kappa shape index (κ1) is 26.9. The van der Waals surface area contributed by atoms with E-state index in [1.807, 2.05) is 48.2 Å². The first-order chi connectivity index (χ1) is 18.9. The lowest BCUT2D eigenvalue weighted by atomic mass is 9.82. The highest BCUT2D eigenvalue weighted by Crippen LogP contribution is 2.40. The summed E-state index contributed by atoms with van der Waals surface area (Å²) >= 11 is 0. The Morgan fingerprint density at radius 1 is 1.13 bits per heavy atom. The van der Waals surface area contributed by atoms with Gasteiger partial charge in [-0.15, -0.1) is 0 Å². The highest BCUT2D eigenvalue weighted by atomic mass is 16.5. The maximum Gasteiger partial charge on any atom is 0.245 e. The number of likely N-dealkylation sites (tertiary alicyclic amines) is 1. The van der Waals surface area contributed by atoms with Crippen molar-refractivity contribution >= 4 is 11.8 Å². The Morgan fingerprint density at radius 2 is 1.87 bits per heavy atom. The number of H-pyrrole nitrogens is 1. The molecule has 1 aliphatic heterocycles. The molecule has 39 heavy (non-hydrogen) atoms. The van der Waals surface area contributed by atoms with Crippen molar-refractivity contribution < 1.29 is 19.1 Å². The van der Waals surface area contributed by atoms with Crippen LogP contribution in [0.1, 0.15) is 47.3 Å². The number of hydrogen-bond acceptors (Lipinski definition) is 5. The molecule has 2 N–H and O–H groups in total. The first-order valence-electron chi connectivity index (χ1n) is 13.8. The second-order valence-electron chi connectivity index (χ2n) is 10.9. The molecular weight excluding hydrogens is 492 g/mol. The smallest absolute Gasteiger partial charge is 0.245 e. The maximum atomic E-state index is 13.8. The largest absolute Gasteiger partial charge is 0.497 e. The van der Waals surface area contributed by atoms with Gasteiger partial charge in [0.2, 0.25) is 11.8 Å². The van der Waals surface area contributed by atoms with Crippen molar-refractivity contribution in [3.8, 4) is 5.75 Å². The molecule has 0 radical (unpaired) electrons. The number of methoxy groups -OCH3 is 1. The number of benzene rings is 2. The molecule has 206 valence electrons. The predicted octanol–water partition coefficient (Wildman–Crippen LogP) is 3.86. The van der Waals surface area contributed by atoms with Crippen LogP contribution in [0.25, 0.3) is 0 Å². The summed E-state index contributed by atoms with van der Waals surface area (Å²) in [6, 6.07) is 15.2. The van der Waals surface area contributed by atoms with E-state index in [0.29, 0.717) is 31.8 Å². The normalized spacial score (nSPS) is 16.8. The molecule has 8 heteroatoms. The number of carbonyl (C=O) groups excluding carboxylic acids is 2. The van der Waals surface area contributed by atoms with Crippen molar-refractivity contribution in [1.82, 2.24) is 20.2 Å². The van der Waals surface area contributed by atoms with E-state index < -0.39 is 11.6 Å². The molecule has 1 saturated heterocycles. The molecule has 1 saturated carbocycles. The van der Waals surface area contributed by atoms with Gasteiger partial charge in [-0.1, -0.05) is 36.4 Å². The third-order valence-electron chi connectivity index (χ3n) is 7.89. The van der Waals surface area contributed by atoms with Crippen LogP contribution in [0.3, 0.4) is 0 Å². The fourth-order valence-corrected chi connectivity index (χ4v) is 5.27. The van der Waals surface area contributed by atoms with Crippen molar-refractivity contribution in [3.05, 3.63) is 82.9 Å². The Morgan fingerprint density at radius 3 is 2.51 bits per heavy atom. The van der Waals surface area contributed by atoms with E-state index in [0.717, 1.165) is 40.4 Å². The molecule has 0 spiro atoms. The highest BCUT2D eigenvalue weighted by molar-refractivity contribution is 5.88. The van der Waals surface area contributed by atoms with Gasteiger partial charge >= 0.3 is 0 Å². The summed E-state index contributed by atoms with van der Waals surface area (Å²) in [5, 5.41) is 3.02. The SMILES string of the molecule is COc1ccc(CC(NC(=O)CCc2nc[nH]c2C)C(=O)N2CC(OCC3CC3)(c3ccccc3C)C2)cc1. The van der Waals surface area contributed by atoms with Gasteiger partial charge in [0.05, 0.1) is 38.8 Å². The molecule has 1 atom stereocenters. The molecule has 2 heterocycles. The zero-order valence-corrected chi connectivity index (χ0v) is 23.0. The van der Waals surface area contributed by atoms with E-state index in [9.17, 15) is 9.59 Å². The third kappa shape index (κ3) is 6.33. The number of aryl methyl sites for hydroxylation is 3. The van der Waals surface area contributed by atoms with Crippen molar-refractivity contribution in [1.29, 1.82) is 0 Å². The number of hydrogen-bond donors (Lipinski definition) is 2. The van der Waals surface area contributed by atoms with Crippen LogP contribution in [-0.4, -0.2) is 59.5 Å². The van der Waals surface area contributed by atoms with E-state index in [4.69, 9.17) is 9.47 Å². The van der Waals surface area contributed by atoms with Gasteiger partial charge < -0.3 is 24.7 Å². The topological polar surface area (TPSA) is 96.5 Å². The minimum atomic E-state index is -0.676. The van der Waals surface area contributed by atoms with Crippen molar-refractivity contribution in [2.75, 3.05) is 26.8 Å². The Labute approximate surface area is 230 Å². The molecule has 2 aromatic carbocycles. The molecule has 0 bridgehead atoms. The minimum Gasteiger partial charge on any atom is -0.497 e. The van der Waals surface area contributed by atoms with Crippen molar-refractivity contribution in [2.45, 2.75) is 57.6 Å². The fraction of sp³-hybridized carbons (Fsp3) is 0.452. The van der Waals surface area contributed by atoms with Gasteiger partial charge in [0.15, 0.2) is 0 Å². The van der Waals surface area contributed by atoms with E-state index in [-0.39, 0.29) is 18.2 Å². The van der Waals surface area contributed by atoms with Gasteiger partial charge in [-0.2, -0.15) is 0 Å². The molecular formula is C31H38N4O4. The summed E-state index contributed by atoms with van der Waals surface area (Å²) in [7, 11) is 1.62. The molecule has 1 unspecified atom stereocenters. The second-order valence-corrected chi connectivity index (χ2v) is 10.9. The minimum absolute atomic E-state index is 0.0886. The molecule has 2 aliphatic rings. The van der Waals surface area contributed by atoms with Crippen LogP contribution < -0.4 is 10.1 Å². The van der Waals surface area contributed by atoms with Crippen LogP contribution in [0, 0.1) is 19.8 Å². The molecule has 2 amide bonds. The number of nitrogens with one attached hydrogen (secondary N) is 2. The van der Waals surface area contributed by atoms with Gasteiger partial charge in [-0.25, -0.2) is 4.98 Å². The van der Waals surface area contributed by atoms with Crippen LogP contribution in [0.15, 0.2) is 54.9 Å². The molecule has 1 aromatic heterocycles. The summed E-state index contributed by atoms with van der Waals surface area (Å²) in [5.74, 6) is 1.11. The average Bonchev–Trinajstić information content (AvgIpc) is 3.66. The monoisotopic (exact) mass is 530 g/mol. The molecule has 5 rings (SSSR count). The maximum absolute atomic E-state index is 13.8. The van der Waals surface area contributed by atoms with Gasteiger partial charge in [0.25, 0.3) is 0 Å². The lowest BCUT2D eigenvalue weighted by molar-refractivity contribution is -0.176. The lowest BCUT2D eigenvalue weighted by Crippen LogP contribution is -2.66. The van der Waals surface area contributed by atoms with Gasteiger partial charge in [0, 0.05) is 25.0 Å². The highest BCUT2D eigenvalue weighted by Gasteiger charge is 2.50. The molecule has 3 aromatic rings. The van der Waals surface area contributed by atoms with E-state index in [1.165, 1.54) is 12.8 Å². The van der Waals surface area contributed by atoms with Crippen molar-refractivity contribution in [3.63, 3.8) is 0 Å². The number of ether oxygens (including phenoxy) is 2. The third-order valence-corrected chi connectivity index (χ3v) is 7.89. The Kier molecular flexibility index (Phi) is 8.02. The average molecular weight is 531 g/mol. The van der Waals surface area contributed by atoms with Gasteiger partial charge in [-0.05, 0) is 61.4 Å². The van der Waals surface area contributed by atoms with Crippen LogP contribution >= 0.6 is 0 Å². The molecule has 8 nitrogen and oxygen atoms in total. The van der Waals surface area contributed by atoms with Crippen molar-refractivity contribution in [2.24, 2.45) is 5.92 Å². The van der Waals surface area contributed by atoms with E-state index >= 15 is 0 Å². The number of nitrogens with zero attached hydrogens (tertiary/aromatic N) is 2. The van der Waals surface area contributed by atoms with Crippen LogP contribution in [0.2, 0.25) is 0 Å². The lowest BCUT2D eigenvalue weighted by Gasteiger charge is -2.51. The molecule has 2 fully saturated rings. The first-order valence-corrected chi connectivity index (χ1v) is 13.8. The number of aromatic nitrogens is 2. The Balaban J connectivity index is 1.30. The standard InChI is InChI=1S/C31H38N4O4/c1-21-6-4-5-7-26(21)31(39-17-24-8-9-24)18-35(19-31)30(37)28(16-23-10-12-25(38-3)13-11-23)34-29(36)15-14-27-22(2)32-20-33-27/h4-7,10-13,20,24,28H,8-9,14-19H2,1-3H3,(H,32,33)(H,34,36). The second kappa shape index (κ2) is 11.6. The summed E-state index contributed by atoms with van der Waals surface area (Å²) < 4.78 is 11.8. The number of imidazole rings is 1. The number of rotatable bonds is 12. The summed E-state index contributed by atoms with van der Waals surface area (Å²) in [5.41, 5.74) is 4.57. The fourth-order valence-electron chi connectivity index (χ4n) is 5.27. The Hall–Kier alpha value is -3.65. The van der Waals surface area contributed by atoms with Gasteiger partial charge in [0.1, 0.15) is 17.4 Å². The van der Waals surface area contributed by atoms with Crippen LogP contribution in [0.4, 0.5) is 0 Å². The number of amides is 2. The van der Waals surface area contributed by atoms with Crippen LogP contribution in [0.5, 0.6) is 5.75 Å². The van der Waals surface area contributed by atoms with E-state index in [1.54, 1.807) is 13.4 Å². The summed E-state index contributed by atoms with van der Waals surface area (Å²) in [4.78, 5) is 36.0. The Bertz CT molecular complexity index is 1290. The zero-order valence-electron chi connectivity index (χ0n) is 23.0. The van der Waals surface area contributed by atoms with E-state index in [2.05, 4.69) is 34.3 Å².